The molecule has 3 nitrogen and oxygen atoms in total. The van der Waals surface area contributed by atoms with E-state index >= 15 is 0 Å². The first-order valence-electron chi connectivity index (χ1n) is 6.31. The summed E-state index contributed by atoms with van der Waals surface area (Å²) in [4.78, 5) is 19.5. The molecule has 0 bridgehead atoms. The van der Waals surface area contributed by atoms with Crippen molar-refractivity contribution in [2.45, 2.75) is 52.4 Å². The minimum atomic E-state index is -4.33. The second-order valence-corrected chi connectivity index (χ2v) is 8.62. The molecule has 0 spiro atoms. The average molecular weight is 283 g/mol. The van der Waals surface area contributed by atoms with Crippen LogP contribution in [-0.4, -0.2) is 9.79 Å². The molecule has 1 rings (SSSR count). The van der Waals surface area contributed by atoms with Crippen LogP contribution in [0.1, 0.15) is 58.2 Å². The van der Waals surface area contributed by atoms with Gasteiger partial charge < -0.3 is 9.79 Å². The molecule has 1 aromatic rings. The topological polar surface area (TPSA) is 57.5 Å². The summed E-state index contributed by atoms with van der Waals surface area (Å²) in [5.74, 6) is 0. The fraction of sp³-hybridized carbons (Fsp3) is 0.533. The van der Waals surface area contributed by atoms with Gasteiger partial charge in [0.25, 0.3) is 0 Å². The third kappa shape index (κ3) is 3.68. The van der Waals surface area contributed by atoms with Gasteiger partial charge in [-0.2, -0.15) is 0 Å². The van der Waals surface area contributed by atoms with E-state index in [0.717, 1.165) is 5.56 Å². The third-order valence-electron chi connectivity index (χ3n) is 3.08. The van der Waals surface area contributed by atoms with Crippen LogP contribution in [0.3, 0.4) is 0 Å². The van der Waals surface area contributed by atoms with Gasteiger partial charge in [-0.3, -0.25) is 4.57 Å². The molecule has 0 fully saturated rings. The first kappa shape index (κ1) is 16.4. The zero-order chi connectivity index (χ0) is 15.2. The van der Waals surface area contributed by atoms with Crippen molar-refractivity contribution in [1.82, 2.24) is 0 Å². The molecule has 19 heavy (non-hydrogen) atoms. The first-order chi connectivity index (χ1) is 8.24. The van der Waals surface area contributed by atoms with Crippen molar-refractivity contribution in [3.63, 3.8) is 0 Å². The van der Waals surface area contributed by atoms with E-state index in [1.54, 1.807) is 12.1 Å². The standard InChI is InChI=1S/C15H24O3P/c1-10-8-11(14(2,3)4)13(19(16,17)18)12(9-10)15(5,6)7/h8-9H,1H2,2-7H3,(H2,16,17,18). The van der Waals surface area contributed by atoms with E-state index < -0.39 is 7.60 Å². The monoisotopic (exact) mass is 283 g/mol. The quantitative estimate of drug-likeness (QED) is 0.778. The molecule has 0 unspecified atom stereocenters. The molecule has 2 N–H and O–H groups in total. The maximum Gasteiger partial charge on any atom is 0.356 e. The minimum Gasteiger partial charge on any atom is -0.321 e. The van der Waals surface area contributed by atoms with Crippen molar-refractivity contribution in [1.29, 1.82) is 0 Å². The average Bonchev–Trinajstić information content (AvgIpc) is 2.11. The van der Waals surface area contributed by atoms with Gasteiger partial charge in [0.1, 0.15) is 0 Å². The molecule has 0 saturated carbocycles. The Morgan fingerprint density at radius 2 is 1.26 bits per heavy atom. The maximum absolute atomic E-state index is 12.0. The lowest BCUT2D eigenvalue weighted by atomic mass is 9.79. The summed E-state index contributed by atoms with van der Waals surface area (Å²) in [6, 6.07) is 3.56. The van der Waals surface area contributed by atoms with Crippen LogP contribution in [-0.2, 0) is 15.4 Å². The van der Waals surface area contributed by atoms with Gasteiger partial charge in [0.05, 0.1) is 5.30 Å². The molecule has 0 amide bonds. The Morgan fingerprint density at radius 3 is 1.47 bits per heavy atom. The van der Waals surface area contributed by atoms with Gasteiger partial charge in [0.15, 0.2) is 0 Å². The summed E-state index contributed by atoms with van der Waals surface area (Å²) >= 11 is 0. The molecular formula is C15H24O3P. The molecule has 0 aromatic heterocycles. The Labute approximate surface area is 116 Å². The van der Waals surface area contributed by atoms with E-state index in [1.165, 1.54) is 0 Å². The number of hydrogen-bond acceptors (Lipinski definition) is 1. The van der Waals surface area contributed by atoms with Crippen LogP contribution in [0, 0.1) is 6.92 Å². The van der Waals surface area contributed by atoms with Crippen molar-refractivity contribution in [3.05, 3.63) is 35.7 Å². The van der Waals surface area contributed by atoms with Crippen molar-refractivity contribution >= 4 is 12.9 Å². The van der Waals surface area contributed by atoms with Gasteiger partial charge in [0, 0.05) is 0 Å². The van der Waals surface area contributed by atoms with Crippen LogP contribution in [0.2, 0.25) is 0 Å². The predicted octanol–water partition coefficient (Wildman–Crippen LogP) is 3.27. The molecule has 0 aliphatic heterocycles. The van der Waals surface area contributed by atoms with Crippen molar-refractivity contribution in [3.8, 4) is 0 Å². The van der Waals surface area contributed by atoms with Crippen molar-refractivity contribution in [2.24, 2.45) is 0 Å². The van der Waals surface area contributed by atoms with Gasteiger partial charge in [-0.25, -0.2) is 0 Å². The zero-order valence-electron chi connectivity index (χ0n) is 12.6. The van der Waals surface area contributed by atoms with Crippen LogP contribution in [0.15, 0.2) is 12.1 Å². The molecule has 0 heterocycles. The summed E-state index contributed by atoms with van der Waals surface area (Å²) in [5, 5.41) is 0.167. The summed E-state index contributed by atoms with van der Waals surface area (Å²) in [6.45, 7) is 15.6. The molecular weight excluding hydrogens is 259 g/mol. The van der Waals surface area contributed by atoms with Crippen LogP contribution in [0.4, 0.5) is 0 Å². The Bertz CT molecular complexity index is 492. The lowest BCUT2D eigenvalue weighted by molar-refractivity contribution is 0.385. The second-order valence-electron chi connectivity index (χ2n) is 7.08. The van der Waals surface area contributed by atoms with Gasteiger partial charge in [0.2, 0.25) is 0 Å². The Kier molecular flexibility index (Phi) is 4.09. The highest BCUT2D eigenvalue weighted by molar-refractivity contribution is 7.60. The van der Waals surface area contributed by atoms with E-state index in [0.29, 0.717) is 11.1 Å². The molecule has 0 aliphatic carbocycles. The van der Waals surface area contributed by atoms with Crippen LogP contribution >= 0.6 is 7.60 Å². The lowest BCUT2D eigenvalue weighted by Gasteiger charge is -2.30. The molecule has 0 atom stereocenters. The molecule has 0 aliphatic rings. The Hall–Kier alpha value is -0.630. The molecule has 1 aromatic carbocycles. The summed E-state index contributed by atoms with van der Waals surface area (Å²) in [6.07, 6.45) is 0. The maximum atomic E-state index is 12.0. The Balaban J connectivity index is 3.86. The van der Waals surface area contributed by atoms with E-state index in [-0.39, 0.29) is 16.1 Å². The third-order valence-corrected chi connectivity index (χ3v) is 4.14. The smallest absolute Gasteiger partial charge is 0.321 e. The lowest BCUT2D eigenvalue weighted by Crippen LogP contribution is -2.31. The SMILES string of the molecule is [CH2]c1cc(C(C)(C)C)c(P(=O)(O)O)c(C(C)(C)C)c1. The van der Waals surface area contributed by atoms with Gasteiger partial charge in [-0.05, 0) is 34.4 Å². The van der Waals surface area contributed by atoms with E-state index in [1.807, 2.05) is 41.5 Å². The largest absolute Gasteiger partial charge is 0.356 e. The normalized spacial score (nSPS) is 13.7. The van der Waals surface area contributed by atoms with Gasteiger partial charge in [-0.1, -0.05) is 53.7 Å². The van der Waals surface area contributed by atoms with Gasteiger partial charge >= 0.3 is 7.60 Å². The van der Waals surface area contributed by atoms with Crippen LogP contribution in [0.25, 0.3) is 0 Å². The molecule has 4 heteroatoms. The highest BCUT2D eigenvalue weighted by atomic mass is 31.2. The Morgan fingerprint density at radius 1 is 0.947 bits per heavy atom. The number of benzene rings is 1. The summed E-state index contributed by atoms with van der Waals surface area (Å²) in [7, 11) is -4.33. The van der Waals surface area contributed by atoms with E-state index in [2.05, 4.69) is 6.92 Å². The summed E-state index contributed by atoms with van der Waals surface area (Å²) in [5.41, 5.74) is 1.46. The number of rotatable bonds is 1. The fourth-order valence-corrected chi connectivity index (χ4v) is 3.58. The zero-order valence-corrected chi connectivity index (χ0v) is 13.5. The fourth-order valence-electron chi connectivity index (χ4n) is 2.15. The van der Waals surface area contributed by atoms with E-state index in [9.17, 15) is 14.4 Å². The highest BCUT2D eigenvalue weighted by Crippen LogP contribution is 2.42. The molecule has 107 valence electrons. The highest BCUT2D eigenvalue weighted by Gasteiger charge is 2.34. The van der Waals surface area contributed by atoms with Gasteiger partial charge in [-0.15, -0.1) is 0 Å². The van der Waals surface area contributed by atoms with Crippen LogP contribution < -0.4 is 5.30 Å². The minimum absolute atomic E-state index is 0.167. The second kappa shape index (κ2) is 4.73. The van der Waals surface area contributed by atoms with E-state index in [4.69, 9.17) is 0 Å². The van der Waals surface area contributed by atoms with Crippen LogP contribution in [0.5, 0.6) is 0 Å². The first-order valence-corrected chi connectivity index (χ1v) is 7.93. The van der Waals surface area contributed by atoms with Crippen molar-refractivity contribution < 1.29 is 14.4 Å². The number of hydrogen-bond donors (Lipinski definition) is 2. The molecule has 1 radical (unpaired) electrons. The molecule has 0 saturated heterocycles. The predicted molar refractivity (Wildman–Crippen MR) is 80.0 cm³/mol. The summed E-state index contributed by atoms with van der Waals surface area (Å²) < 4.78 is 12.0. The van der Waals surface area contributed by atoms with Crippen molar-refractivity contribution in [2.75, 3.05) is 0 Å².